The van der Waals surface area contributed by atoms with E-state index >= 15 is 0 Å². The summed E-state index contributed by atoms with van der Waals surface area (Å²) in [6.45, 7) is 2.05. The number of carbonyl (C=O) groups is 1. The molecule has 0 aliphatic carbocycles. The van der Waals surface area contributed by atoms with E-state index in [0.717, 1.165) is 18.4 Å². The van der Waals surface area contributed by atoms with Crippen LogP contribution < -0.4 is 5.73 Å². The van der Waals surface area contributed by atoms with Crippen LogP contribution in [0.15, 0.2) is 11.4 Å². The van der Waals surface area contributed by atoms with Crippen LogP contribution in [0.25, 0.3) is 0 Å². The van der Waals surface area contributed by atoms with Crippen LogP contribution in [0.3, 0.4) is 0 Å². The monoisotopic (exact) mass is 308 g/mol. The second-order valence-corrected chi connectivity index (χ2v) is 5.67. The lowest BCUT2D eigenvalue weighted by atomic mass is 10.1. The second kappa shape index (κ2) is 8.15. The molecule has 0 aromatic carbocycles. The third kappa shape index (κ3) is 4.29. The van der Waals surface area contributed by atoms with Crippen LogP contribution in [0, 0.1) is 11.8 Å². The van der Waals surface area contributed by atoms with Crippen molar-refractivity contribution in [3.63, 3.8) is 0 Å². The van der Waals surface area contributed by atoms with Crippen molar-refractivity contribution in [2.45, 2.75) is 18.9 Å². The number of aliphatic hydroxyl groups excluding tert-OH is 1. The van der Waals surface area contributed by atoms with Gasteiger partial charge in [0.1, 0.15) is 4.88 Å². The van der Waals surface area contributed by atoms with Gasteiger partial charge in [-0.2, -0.15) is 0 Å². The van der Waals surface area contributed by atoms with Crippen LogP contribution in [0.1, 0.15) is 28.1 Å². The maximum Gasteiger partial charge on any atom is 0.265 e. The van der Waals surface area contributed by atoms with Gasteiger partial charge in [-0.05, 0) is 24.3 Å². The van der Waals surface area contributed by atoms with Crippen LogP contribution in [0.4, 0.5) is 0 Å². The van der Waals surface area contributed by atoms with E-state index in [-0.39, 0.29) is 25.2 Å². The van der Waals surface area contributed by atoms with Crippen molar-refractivity contribution in [3.05, 3.63) is 21.9 Å². The number of hydrogen-bond acceptors (Lipinski definition) is 5. The van der Waals surface area contributed by atoms with Crippen molar-refractivity contribution >= 4 is 17.2 Å². The SMILES string of the molecule is NCC#Cc1ccsc1C(=O)N1CCC(OCCO)CC1. The van der Waals surface area contributed by atoms with Gasteiger partial charge in [0.25, 0.3) is 5.91 Å². The summed E-state index contributed by atoms with van der Waals surface area (Å²) in [5.41, 5.74) is 6.13. The van der Waals surface area contributed by atoms with Gasteiger partial charge in [-0.3, -0.25) is 4.79 Å². The number of thiophene rings is 1. The lowest BCUT2D eigenvalue weighted by Gasteiger charge is -2.31. The molecule has 1 fully saturated rings. The molecule has 1 aromatic heterocycles. The molecule has 6 heteroatoms. The minimum absolute atomic E-state index is 0.0342. The van der Waals surface area contributed by atoms with E-state index in [1.165, 1.54) is 11.3 Å². The minimum atomic E-state index is 0.0342. The number of hydrogen-bond donors (Lipinski definition) is 2. The number of amides is 1. The molecule has 0 atom stereocenters. The Bertz CT molecular complexity index is 525. The van der Waals surface area contributed by atoms with Crippen molar-refractivity contribution in [1.82, 2.24) is 4.90 Å². The zero-order chi connectivity index (χ0) is 15.1. The molecule has 0 saturated carbocycles. The highest BCUT2D eigenvalue weighted by atomic mass is 32.1. The maximum atomic E-state index is 12.5. The quantitative estimate of drug-likeness (QED) is 0.802. The fourth-order valence-electron chi connectivity index (χ4n) is 2.31. The summed E-state index contributed by atoms with van der Waals surface area (Å²) in [5.74, 6) is 5.77. The van der Waals surface area contributed by atoms with Crippen molar-refractivity contribution in [2.24, 2.45) is 5.73 Å². The number of likely N-dealkylation sites (tertiary alicyclic amines) is 1. The predicted octanol–water partition coefficient (Wildman–Crippen LogP) is 0.672. The Balaban J connectivity index is 1.94. The third-order valence-electron chi connectivity index (χ3n) is 3.36. The number of nitrogens with two attached hydrogens (primary N) is 1. The van der Waals surface area contributed by atoms with Gasteiger partial charge >= 0.3 is 0 Å². The molecular weight excluding hydrogens is 288 g/mol. The third-order valence-corrected chi connectivity index (χ3v) is 4.26. The standard InChI is InChI=1S/C15H20N2O3S/c16-6-1-2-12-5-11-21-14(12)15(19)17-7-3-13(4-8-17)20-10-9-18/h5,11,13,18H,3-4,6-10,16H2. The van der Waals surface area contributed by atoms with Crippen molar-refractivity contribution < 1.29 is 14.6 Å². The van der Waals surface area contributed by atoms with Crippen molar-refractivity contribution in [2.75, 3.05) is 32.8 Å². The highest BCUT2D eigenvalue weighted by Gasteiger charge is 2.25. The Labute approximate surface area is 128 Å². The van der Waals surface area contributed by atoms with Gasteiger partial charge in [0.15, 0.2) is 0 Å². The number of aliphatic hydroxyl groups is 1. The van der Waals surface area contributed by atoms with Crippen molar-refractivity contribution in [3.8, 4) is 11.8 Å². The topological polar surface area (TPSA) is 75.8 Å². The van der Waals surface area contributed by atoms with E-state index in [1.807, 2.05) is 16.3 Å². The first-order chi connectivity index (χ1) is 10.3. The average molecular weight is 308 g/mol. The molecule has 3 N–H and O–H groups in total. The smallest absolute Gasteiger partial charge is 0.265 e. The molecule has 0 spiro atoms. The van der Waals surface area contributed by atoms with Gasteiger partial charge in [0.2, 0.25) is 0 Å². The second-order valence-electron chi connectivity index (χ2n) is 4.76. The molecule has 2 heterocycles. The Morgan fingerprint density at radius 1 is 1.52 bits per heavy atom. The highest BCUT2D eigenvalue weighted by Crippen LogP contribution is 2.21. The number of rotatable bonds is 4. The summed E-state index contributed by atoms with van der Waals surface area (Å²) in [4.78, 5) is 15.1. The lowest BCUT2D eigenvalue weighted by molar-refractivity contribution is -0.00545. The first-order valence-electron chi connectivity index (χ1n) is 7.04. The lowest BCUT2D eigenvalue weighted by Crippen LogP contribution is -2.41. The number of piperidine rings is 1. The highest BCUT2D eigenvalue weighted by molar-refractivity contribution is 7.12. The van der Waals surface area contributed by atoms with Crippen LogP contribution >= 0.6 is 11.3 Å². The summed E-state index contributed by atoms with van der Waals surface area (Å²) < 4.78 is 5.51. The van der Waals surface area contributed by atoms with E-state index in [2.05, 4.69) is 11.8 Å². The molecule has 1 saturated heterocycles. The molecule has 5 nitrogen and oxygen atoms in total. The van der Waals surface area contributed by atoms with E-state index in [9.17, 15) is 4.79 Å². The Morgan fingerprint density at radius 2 is 2.29 bits per heavy atom. The fourth-order valence-corrected chi connectivity index (χ4v) is 3.12. The molecule has 1 aromatic rings. The van der Waals surface area contributed by atoms with Crippen LogP contribution in [0.2, 0.25) is 0 Å². The molecule has 0 bridgehead atoms. The van der Waals surface area contributed by atoms with E-state index < -0.39 is 0 Å². The molecule has 21 heavy (non-hydrogen) atoms. The van der Waals surface area contributed by atoms with Gasteiger partial charge < -0.3 is 20.5 Å². The molecule has 1 amide bonds. The minimum Gasteiger partial charge on any atom is -0.394 e. The first kappa shape index (κ1) is 16.0. The Hall–Kier alpha value is -1.39. The zero-order valence-corrected chi connectivity index (χ0v) is 12.7. The van der Waals surface area contributed by atoms with Gasteiger partial charge in [-0.25, -0.2) is 0 Å². The van der Waals surface area contributed by atoms with Gasteiger partial charge in [-0.15, -0.1) is 11.3 Å². The molecule has 0 unspecified atom stereocenters. The maximum absolute atomic E-state index is 12.5. The van der Waals surface area contributed by atoms with E-state index in [1.54, 1.807) is 0 Å². The summed E-state index contributed by atoms with van der Waals surface area (Å²) in [7, 11) is 0. The summed E-state index contributed by atoms with van der Waals surface area (Å²) in [6, 6.07) is 1.86. The molecule has 1 aliphatic rings. The first-order valence-corrected chi connectivity index (χ1v) is 7.92. The molecule has 114 valence electrons. The molecular formula is C15H20N2O3S. The number of ether oxygens (including phenoxy) is 1. The summed E-state index contributed by atoms with van der Waals surface area (Å²) in [5, 5.41) is 10.6. The average Bonchev–Trinajstić information content (AvgIpc) is 2.99. The van der Waals surface area contributed by atoms with Crippen LogP contribution in [0.5, 0.6) is 0 Å². The Morgan fingerprint density at radius 3 is 2.95 bits per heavy atom. The van der Waals surface area contributed by atoms with E-state index in [4.69, 9.17) is 15.6 Å². The van der Waals surface area contributed by atoms with Crippen molar-refractivity contribution in [1.29, 1.82) is 0 Å². The van der Waals surface area contributed by atoms with Gasteiger partial charge in [0.05, 0.1) is 25.9 Å². The largest absolute Gasteiger partial charge is 0.394 e. The van der Waals surface area contributed by atoms with Gasteiger partial charge in [-0.1, -0.05) is 11.8 Å². The molecule has 1 aliphatic heterocycles. The van der Waals surface area contributed by atoms with Crippen LogP contribution in [-0.4, -0.2) is 54.9 Å². The molecule has 0 radical (unpaired) electrons. The van der Waals surface area contributed by atoms with Crippen LogP contribution in [-0.2, 0) is 4.74 Å². The molecule has 2 rings (SSSR count). The van der Waals surface area contributed by atoms with Gasteiger partial charge in [0, 0.05) is 18.7 Å². The number of carbonyl (C=O) groups excluding carboxylic acids is 1. The summed E-state index contributed by atoms with van der Waals surface area (Å²) in [6.07, 6.45) is 1.75. The predicted molar refractivity (Wildman–Crippen MR) is 82.2 cm³/mol. The number of nitrogens with zero attached hydrogens (tertiary/aromatic N) is 1. The Kier molecular flexibility index (Phi) is 6.21. The fraction of sp³-hybridized carbons (Fsp3) is 0.533. The summed E-state index contributed by atoms with van der Waals surface area (Å²) >= 11 is 1.42. The normalized spacial score (nSPS) is 15.6. The van der Waals surface area contributed by atoms with E-state index in [0.29, 0.717) is 24.6 Å². The zero-order valence-electron chi connectivity index (χ0n) is 11.9.